The number of nitrogens with zero attached hydrogens (tertiary/aromatic N) is 1. The molecule has 0 aliphatic carbocycles. The van der Waals surface area contributed by atoms with Gasteiger partial charge in [-0.3, -0.25) is 4.79 Å². The first-order valence-electron chi connectivity index (χ1n) is 10.9. The van der Waals surface area contributed by atoms with Gasteiger partial charge in [0, 0.05) is 28.7 Å². The van der Waals surface area contributed by atoms with Gasteiger partial charge in [-0.1, -0.05) is 54.1 Å². The molecule has 5 rings (SSSR count). The number of benzene rings is 3. The van der Waals surface area contributed by atoms with Crippen LogP contribution in [0.4, 0.5) is 0 Å². The summed E-state index contributed by atoms with van der Waals surface area (Å²) in [5.41, 5.74) is 4.39. The Hall–Kier alpha value is -2.92. The van der Waals surface area contributed by atoms with Crippen LogP contribution in [-0.4, -0.2) is 17.8 Å². The first-order valence-corrected chi connectivity index (χ1v) is 11.3. The standard InChI is InChI=1S/C27H24ClNO3/c28-24-9-6-20(7-10-24)22-8-11-25-23(18-22)13-15-29(26(25)30)14-12-19-2-4-21(5-3-19)27-31-16-1-17-32-27/h2-11,13,15,18,27H,1,12,14,16-17H2. The molecule has 1 aliphatic heterocycles. The van der Waals surface area contributed by atoms with Gasteiger partial charge in [0.05, 0.1) is 13.2 Å². The highest BCUT2D eigenvalue weighted by atomic mass is 35.5. The zero-order valence-corrected chi connectivity index (χ0v) is 18.4. The summed E-state index contributed by atoms with van der Waals surface area (Å²) < 4.78 is 13.1. The summed E-state index contributed by atoms with van der Waals surface area (Å²) in [4.78, 5) is 13.0. The van der Waals surface area contributed by atoms with E-state index in [-0.39, 0.29) is 11.8 Å². The minimum Gasteiger partial charge on any atom is -0.348 e. The Labute approximate surface area is 192 Å². The van der Waals surface area contributed by atoms with Crippen molar-refractivity contribution >= 4 is 22.4 Å². The monoisotopic (exact) mass is 445 g/mol. The predicted octanol–water partition coefficient (Wildman–Crippen LogP) is 6.00. The van der Waals surface area contributed by atoms with Crippen LogP contribution in [0.1, 0.15) is 23.8 Å². The molecule has 4 aromatic rings. The SMILES string of the molecule is O=c1c2ccc(-c3ccc(Cl)cc3)cc2ccn1CCc1ccc(C2OCCCO2)cc1. The van der Waals surface area contributed by atoms with Crippen LogP contribution in [0.25, 0.3) is 21.9 Å². The Balaban J connectivity index is 1.31. The molecule has 2 heterocycles. The van der Waals surface area contributed by atoms with E-state index in [2.05, 4.69) is 18.2 Å². The number of rotatable bonds is 5. The molecule has 0 spiro atoms. The lowest BCUT2D eigenvalue weighted by Gasteiger charge is -2.23. The minimum absolute atomic E-state index is 0.0331. The van der Waals surface area contributed by atoms with Crippen molar-refractivity contribution < 1.29 is 9.47 Å². The zero-order valence-electron chi connectivity index (χ0n) is 17.7. The van der Waals surface area contributed by atoms with Crippen LogP contribution in [0.3, 0.4) is 0 Å². The fraction of sp³-hybridized carbons (Fsp3) is 0.222. The third-order valence-corrected chi connectivity index (χ3v) is 6.13. The van der Waals surface area contributed by atoms with E-state index in [1.807, 2.05) is 60.8 Å². The molecular weight excluding hydrogens is 422 g/mol. The van der Waals surface area contributed by atoms with Gasteiger partial charge < -0.3 is 14.0 Å². The summed E-state index contributed by atoms with van der Waals surface area (Å²) in [6.45, 7) is 2.10. The number of hydrogen-bond acceptors (Lipinski definition) is 3. The third kappa shape index (κ3) is 4.49. The highest BCUT2D eigenvalue weighted by Gasteiger charge is 2.16. The van der Waals surface area contributed by atoms with E-state index in [4.69, 9.17) is 21.1 Å². The highest BCUT2D eigenvalue weighted by molar-refractivity contribution is 6.30. The van der Waals surface area contributed by atoms with Crippen molar-refractivity contribution in [2.75, 3.05) is 13.2 Å². The van der Waals surface area contributed by atoms with Gasteiger partial charge in [-0.25, -0.2) is 0 Å². The van der Waals surface area contributed by atoms with E-state index < -0.39 is 0 Å². The Morgan fingerprint density at radius 2 is 1.59 bits per heavy atom. The van der Waals surface area contributed by atoms with Crippen LogP contribution in [0.2, 0.25) is 5.02 Å². The van der Waals surface area contributed by atoms with Crippen LogP contribution in [-0.2, 0) is 22.4 Å². The second-order valence-corrected chi connectivity index (χ2v) is 8.48. The average Bonchev–Trinajstić information content (AvgIpc) is 2.85. The van der Waals surface area contributed by atoms with E-state index in [0.717, 1.165) is 53.5 Å². The van der Waals surface area contributed by atoms with Crippen molar-refractivity contribution in [2.24, 2.45) is 0 Å². The predicted molar refractivity (Wildman–Crippen MR) is 128 cm³/mol. The molecule has 32 heavy (non-hydrogen) atoms. The number of hydrogen-bond donors (Lipinski definition) is 0. The smallest absolute Gasteiger partial charge is 0.258 e. The Bertz CT molecular complexity index is 1270. The molecule has 0 amide bonds. The topological polar surface area (TPSA) is 40.5 Å². The van der Waals surface area contributed by atoms with Gasteiger partial charge in [-0.05, 0) is 65.3 Å². The quantitative estimate of drug-likeness (QED) is 0.378. The largest absolute Gasteiger partial charge is 0.348 e. The lowest BCUT2D eigenvalue weighted by atomic mass is 10.0. The summed E-state index contributed by atoms with van der Waals surface area (Å²) in [6.07, 6.45) is 3.34. The first-order chi connectivity index (χ1) is 15.7. The second-order valence-electron chi connectivity index (χ2n) is 8.04. The second kappa shape index (κ2) is 9.29. The molecule has 1 fully saturated rings. The highest BCUT2D eigenvalue weighted by Crippen LogP contribution is 2.25. The van der Waals surface area contributed by atoms with Crippen LogP contribution in [0, 0.1) is 0 Å². The van der Waals surface area contributed by atoms with Crippen molar-refractivity contribution in [2.45, 2.75) is 25.7 Å². The first kappa shape index (κ1) is 21.0. The van der Waals surface area contributed by atoms with E-state index in [0.29, 0.717) is 11.6 Å². The lowest BCUT2D eigenvalue weighted by Crippen LogP contribution is -2.20. The van der Waals surface area contributed by atoms with Crippen LogP contribution >= 0.6 is 11.6 Å². The number of aryl methyl sites for hydroxylation is 2. The van der Waals surface area contributed by atoms with Crippen LogP contribution in [0.5, 0.6) is 0 Å². The molecule has 0 atom stereocenters. The van der Waals surface area contributed by atoms with E-state index >= 15 is 0 Å². The average molecular weight is 446 g/mol. The number of aromatic nitrogens is 1. The Morgan fingerprint density at radius 3 is 2.34 bits per heavy atom. The van der Waals surface area contributed by atoms with Crippen molar-refractivity contribution in [3.63, 3.8) is 0 Å². The molecule has 0 bridgehead atoms. The van der Waals surface area contributed by atoms with E-state index in [9.17, 15) is 4.79 Å². The number of halogens is 1. The molecule has 0 radical (unpaired) electrons. The molecule has 1 aliphatic rings. The summed E-state index contributed by atoms with van der Waals surface area (Å²) in [5, 5.41) is 2.38. The molecule has 1 aromatic heterocycles. The van der Waals surface area contributed by atoms with E-state index in [1.54, 1.807) is 4.57 Å². The normalized spacial score (nSPS) is 14.7. The number of ether oxygens (including phenoxy) is 2. The van der Waals surface area contributed by atoms with Crippen molar-refractivity contribution in [3.8, 4) is 11.1 Å². The maximum Gasteiger partial charge on any atom is 0.258 e. The molecule has 0 saturated carbocycles. The lowest BCUT2D eigenvalue weighted by molar-refractivity contribution is -0.183. The van der Waals surface area contributed by atoms with Gasteiger partial charge in [0.15, 0.2) is 6.29 Å². The Kier molecular flexibility index (Phi) is 6.08. The van der Waals surface area contributed by atoms with Crippen molar-refractivity contribution in [1.82, 2.24) is 4.57 Å². The van der Waals surface area contributed by atoms with Crippen molar-refractivity contribution in [3.05, 3.63) is 105 Å². The summed E-state index contributed by atoms with van der Waals surface area (Å²) in [5.74, 6) is 0. The maximum atomic E-state index is 13.0. The number of fused-ring (bicyclic) bond motifs is 1. The molecule has 1 saturated heterocycles. The molecular formula is C27H24ClNO3. The van der Waals surface area contributed by atoms with Crippen LogP contribution < -0.4 is 5.56 Å². The molecule has 162 valence electrons. The van der Waals surface area contributed by atoms with Crippen LogP contribution in [0.15, 0.2) is 83.8 Å². The summed E-state index contributed by atoms with van der Waals surface area (Å²) >= 11 is 5.99. The van der Waals surface area contributed by atoms with Crippen molar-refractivity contribution in [1.29, 1.82) is 0 Å². The maximum absolute atomic E-state index is 13.0. The summed E-state index contributed by atoms with van der Waals surface area (Å²) in [7, 11) is 0. The minimum atomic E-state index is -0.265. The van der Waals surface area contributed by atoms with Gasteiger partial charge in [-0.15, -0.1) is 0 Å². The van der Waals surface area contributed by atoms with Gasteiger partial charge in [-0.2, -0.15) is 0 Å². The van der Waals surface area contributed by atoms with Gasteiger partial charge in [0.2, 0.25) is 0 Å². The molecule has 0 N–H and O–H groups in total. The van der Waals surface area contributed by atoms with Gasteiger partial charge in [0.25, 0.3) is 5.56 Å². The third-order valence-electron chi connectivity index (χ3n) is 5.87. The number of pyridine rings is 1. The molecule has 5 heteroatoms. The van der Waals surface area contributed by atoms with Gasteiger partial charge in [0.1, 0.15) is 0 Å². The van der Waals surface area contributed by atoms with E-state index in [1.165, 1.54) is 5.56 Å². The fourth-order valence-corrected chi connectivity index (χ4v) is 4.18. The molecule has 0 unspecified atom stereocenters. The summed E-state index contributed by atoms with van der Waals surface area (Å²) in [6, 6.07) is 24.0. The molecule has 4 nitrogen and oxygen atoms in total. The Morgan fingerprint density at radius 1 is 0.875 bits per heavy atom. The fourth-order valence-electron chi connectivity index (χ4n) is 4.06. The molecule has 3 aromatic carbocycles. The van der Waals surface area contributed by atoms with Gasteiger partial charge >= 0.3 is 0 Å². The zero-order chi connectivity index (χ0) is 21.9.